The maximum Gasteiger partial charge on any atom is 0.126 e. The van der Waals surface area contributed by atoms with E-state index in [1.54, 1.807) is 6.07 Å². The van der Waals surface area contributed by atoms with Gasteiger partial charge in [-0.1, -0.05) is 6.07 Å². The summed E-state index contributed by atoms with van der Waals surface area (Å²) in [6, 6.07) is 4.38. The lowest BCUT2D eigenvalue weighted by molar-refractivity contribution is 0.456. The minimum atomic E-state index is -0.404. The van der Waals surface area contributed by atoms with Crippen molar-refractivity contribution in [3.05, 3.63) is 29.6 Å². The molecule has 0 aliphatic heterocycles. The molecule has 2 nitrogen and oxygen atoms in total. The van der Waals surface area contributed by atoms with E-state index >= 15 is 0 Å². The normalized spacial score (nSPS) is 12.8. The molecule has 0 aliphatic carbocycles. The SMILES string of the molecule is CNC(C)Cc1ccc(F)cc1O. The van der Waals surface area contributed by atoms with E-state index in [4.69, 9.17) is 0 Å². The van der Waals surface area contributed by atoms with Gasteiger partial charge in [0.1, 0.15) is 11.6 Å². The summed E-state index contributed by atoms with van der Waals surface area (Å²) in [5.41, 5.74) is 0.767. The zero-order valence-corrected chi connectivity index (χ0v) is 7.84. The van der Waals surface area contributed by atoms with Crippen molar-refractivity contribution < 1.29 is 9.50 Å². The van der Waals surface area contributed by atoms with Crippen LogP contribution in [-0.2, 0) is 6.42 Å². The Bertz CT molecular complexity index is 288. The monoisotopic (exact) mass is 183 g/mol. The molecule has 3 heteroatoms. The van der Waals surface area contributed by atoms with Crippen LogP contribution in [0.1, 0.15) is 12.5 Å². The first-order valence-electron chi connectivity index (χ1n) is 4.28. The molecule has 0 aliphatic rings. The van der Waals surface area contributed by atoms with Gasteiger partial charge in [-0.15, -0.1) is 0 Å². The van der Waals surface area contributed by atoms with Crippen molar-refractivity contribution in [3.8, 4) is 5.75 Å². The van der Waals surface area contributed by atoms with Crippen LogP contribution in [-0.4, -0.2) is 18.2 Å². The molecule has 0 aromatic heterocycles. The van der Waals surface area contributed by atoms with Gasteiger partial charge >= 0.3 is 0 Å². The maximum absolute atomic E-state index is 12.6. The van der Waals surface area contributed by atoms with E-state index in [0.29, 0.717) is 6.42 Å². The molecule has 1 unspecified atom stereocenters. The molecule has 0 amide bonds. The van der Waals surface area contributed by atoms with Crippen LogP contribution >= 0.6 is 0 Å². The smallest absolute Gasteiger partial charge is 0.126 e. The van der Waals surface area contributed by atoms with Crippen LogP contribution in [0.25, 0.3) is 0 Å². The highest BCUT2D eigenvalue weighted by Gasteiger charge is 2.05. The van der Waals surface area contributed by atoms with Gasteiger partial charge in [-0.05, 0) is 32.0 Å². The second kappa shape index (κ2) is 4.23. The van der Waals surface area contributed by atoms with E-state index < -0.39 is 5.82 Å². The lowest BCUT2D eigenvalue weighted by Crippen LogP contribution is -2.23. The number of hydrogen-bond donors (Lipinski definition) is 2. The lowest BCUT2D eigenvalue weighted by Gasteiger charge is -2.10. The second-order valence-electron chi connectivity index (χ2n) is 3.17. The highest BCUT2D eigenvalue weighted by molar-refractivity contribution is 5.33. The topological polar surface area (TPSA) is 32.3 Å². The first-order chi connectivity index (χ1) is 6.13. The fourth-order valence-electron chi connectivity index (χ4n) is 1.14. The molecule has 0 bridgehead atoms. The Labute approximate surface area is 77.4 Å². The van der Waals surface area contributed by atoms with Crippen LogP contribution in [0, 0.1) is 5.82 Å². The number of halogens is 1. The highest BCUT2D eigenvalue weighted by Crippen LogP contribution is 2.19. The van der Waals surface area contributed by atoms with E-state index in [2.05, 4.69) is 5.32 Å². The highest BCUT2D eigenvalue weighted by atomic mass is 19.1. The summed E-state index contributed by atoms with van der Waals surface area (Å²) in [4.78, 5) is 0. The number of benzene rings is 1. The number of hydrogen-bond acceptors (Lipinski definition) is 2. The first-order valence-corrected chi connectivity index (χ1v) is 4.28. The van der Waals surface area contributed by atoms with Crippen LogP contribution in [0.3, 0.4) is 0 Å². The molecule has 1 rings (SSSR count). The molecule has 13 heavy (non-hydrogen) atoms. The Morgan fingerprint density at radius 2 is 2.23 bits per heavy atom. The summed E-state index contributed by atoms with van der Waals surface area (Å²) in [5, 5.41) is 12.4. The van der Waals surface area contributed by atoms with Crippen molar-refractivity contribution in [2.24, 2.45) is 0 Å². The fraction of sp³-hybridized carbons (Fsp3) is 0.400. The average Bonchev–Trinajstić information content (AvgIpc) is 2.09. The van der Waals surface area contributed by atoms with E-state index in [9.17, 15) is 9.50 Å². The van der Waals surface area contributed by atoms with Gasteiger partial charge < -0.3 is 10.4 Å². The summed E-state index contributed by atoms with van der Waals surface area (Å²) in [5.74, 6) is -0.375. The van der Waals surface area contributed by atoms with Crippen molar-refractivity contribution in [2.45, 2.75) is 19.4 Å². The molecule has 1 atom stereocenters. The number of phenols is 1. The summed E-state index contributed by atoms with van der Waals surface area (Å²) in [6.07, 6.45) is 0.697. The predicted molar refractivity (Wildman–Crippen MR) is 50.3 cm³/mol. The number of phenolic OH excluding ortho intramolecular Hbond substituents is 1. The largest absolute Gasteiger partial charge is 0.508 e. The van der Waals surface area contributed by atoms with Gasteiger partial charge in [0.2, 0.25) is 0 Å². The van der Waals surface area contributed by atoms with E-state index in [1.165, 1.54) is 6.07 Å². The van der Waals surface area contributed by atoms with Crippen molar-refractivity contribution >= 4 is 0 Å². The van der Waals surface area contributed by atoms with Gasteiger partial charge in [0.25, 0.3) is 0 Å². The zero-order valence-electron chi connectivity index (χ0n) is 7.84. The standard InChI is InChI=1S/C10H14FNO/c1-7(12-2)5-8-3-4-9(11)6-10(8)13/h3-4,6-7,12-13H,5H2,1-2H3. The summed E-state index contributed by atoms with van der Waals surface area (Å²) >= 11 is 0. The molecule has 2 N–H and O–H groups in total. The number of nitrogens with one attached hydrogen (secondary N) is 1. The van der Waals surface area contributed by atoms with Crippen LogP contribution in [0.15, 0.2) is 18.2 Å². The fourth-order valence-corrected chi connectivity index (χ4v) is 1.14. The third-order valence-electron chi connectivity index (χ3n) is 2.07. The molecule has 0 saturated carbocycles. The van der Waals surface area contributed by atoms with Gasteiger partial charge in [0.05, 0.1) is 0 Å². The van der Waals surface area contributed by atoms with Crippen LogP contribution in [0.2, 0.25) is 0 Å². The van der Waals surface area contributed by atoms with Crippen molar-refractivity contribution in [1.82, 2.24) is 5.32 Å². The van der Waals surface area contributed by atoms with Gasteiger partial charge in [-0.2, -0.15) is 0 Å². The third kappa shape index (κ3) is 2.70. The minimum Gasteiger partial charge on any atom is -0.508 e. The molecular weight excluding hydrogens is 169 g/mol. The summed E-state index contributed by atoms with van der Waals surface area (Å²) < 4.78 is 12.6. The third-order valence-corrected chi connectivity index (χ3v) is 2.07. The Hall–Kier alpha value is -1.09. The zero-order chi connectivity index (χ0) is 9.84. The molecule has 0 heterocycles. The van der Waals surface area contributed by atoms with Gasteiger partial charge in [-0.3, -0.25) is 0 Å². The molecule has 72 valence electrons. The quantitative estimate of drug-likeness (QED) is 0.747. The van der Waals surface area contributed by atoms with Crippen molar-refractivity contribution in [1.29, 1.82) is 0 Å². The van der Waals surface area contributed by atoms with Gasteiger partial charge in [-0.25, -0.2) is 4.39 Å². The van der Waals surface area contributed by atoms with E-state index in [1.807, 2.05) is 14.0 Å². The molecule has 0 saturated heterocycles. The van der Waals surface area contributed by atoms with Gasteiger partial charge in [0, 0.05) is 12.1 Å². The lowest BCUT2D eigenvalue weighted by atomic mass is 10.1. The van der Waals surface area contributed by atoms with Crippen molar-refractivity contribution in [2.75, 3.05) is 7.05 Å². The summed E-state index contributed by atoms with van der Waals surface area (Å²) in [6.45, 7) is 2.00. The van der Waals surface area contributed by atoms with E-state index in [0.717, 1.165) is 11.6 Å². The van der Waals surface area contributed by atoms with Gasteiger partial charge in [0.15, 0.2) is 0 Å². The number of aromatic hydroxyl groups is 1. The Morgan fingerprint density at radius 3 is 2.77 bits per heavy atom. The predicted octanol–water partition coefficient (Wildman–Crippen LogP) is 1.68. The molecule has 1 aromatic carbocycles. The minimum absolute atomic E-state index is 0.0297. The molecule has 1 aromatic rings. The second-order valence-corrected chi connectivity index (χ2v) is 3.17. The maximum atomic E-state index is 12.6. The first kappa shape index (κ1) is 9.99. The number of likely N-dealkylation sites (N-methyl/N-ethyl adjacent to an activating group) is 1. The molecule has 0 spiro atoms. The molecule has 0 fully saturated rings. The Morgan fingerprint density at radius 1 is 1.54 bits per heavy atom. The van der Waals surface area contributed by atoms with Crippen LogP contribution in [0.4, 0.5) is 4.39 Å². The molecule has 0 radical (unpaired) electrons. The average molecular weight is 183 g/mol. The van der Waals surface area contributed by atoms with Crippen LogP contribution in [0.5, 0.6) is 5.75 Å². The number of rotatable bonds is 3. The van der Waals surface area contributed by atoms with Crippen LogP contribution < -0.4 is 5.32 Å². The summed E-state index contributed by atoms with van der Waals surface area (Å²) in [7, 11) is 1.85. The van der Waals surface area contributed by atoms with Crippen molar-refractivity contribution in [3.63, 3.8) is 0 Å². The molecular formula is C10H14FNO. The Balaban J connectivity index is 2.77. The van der Waals surface area contributed by atoms with E-state index in [-0.39, 0.29) is 11.8 Å². The Kier molecular flexibility index (Phi) is 3.25.